The summed E-state index contributed by atoms with van der Waals surface area (Å²) < 4.78 is 5.69. The number of aromatic nitrogens is 3. The van der Waals surface area contributed by atoms with Gasteiger partial charge in [0.05, 0.1) is 29.4 Å². The van der Waals surface area contributed by atoms with Gasteiger partial charge in [-0.2, -0.15) is 0 Å². The first-order chi connectivity index (χ1) is 9.88. The molecule has 0 bridgehead atoms. The first kappa shape index (κ1) is 12.6. The zero-order chi connectivity index (χ0) is 13.8. The number of nitrogens with zero attached hydrogens (tertiary/aromatic N) is 2. The Morgan fingerprint density at radius 3 is 2.95 bits per heavy atom. The molecule has 1 aromatic carbocycles. The molecule has 0 saturated heterocycles. The van der Waals surface area contributed by atoms with Crippen molar-refractivity contribution in [1.82, 2.24) is 15.0 Å². The summed E-state index contributed by atoms with van der Waals surface area (Å²) in [6.45, 7) is 0.605. The smallest absolute Gasteiger partial charge is 0.142 e. The van der Waals surface area contributed by atoms with Gasteiger partial charge in [0.2, 0.25) is 0 Å². The van der Waals surface area contributed by atoms with Crippen molar-refractivity contribution in [1.29, 1.82) is 0 Å². The van der Waals surface area contributed by atoms with Crippen LogP contribution < -0.4 is 4.74 Å². The number of imidazole rings is 1. The second kappa shape index (κ2) is 5.71. The highest BCUT2D eigenvalue weighted by molar-refractivity contribution is 5.79. The second-order valence-electron chi connectivity index (χ2n) is 4.40. The fourth-order valence-corrected chi connectivity index (χ4v) is 2.02. The predicted octanol–water partition coefficient (Wildman–Crippen LogP) is 2.39. The first-order valence-corrected chi connectivity index (χ1v) is 6.51. The van der Waals surface area contributed by atoms with Crippen molar-refractivity contribution < 1.29 is 9.84 Å². The van der Waals surface area contributed by atoms with Crippen LogP contribution in [0.3, 0.4) is 0 Å². The second-order valence-corrected chi connectivity index (χ2v) is 4.40. The van der Waals surface area contributed by atoms with Crippen molar-refractivity contribution in [3.63, 3.8) is 0 Å². The van der Waals surface area contributed by atoms with Gasteiger partial charge in [-0.25, -0.2) is 4.98 Å². The van der Waals surface area contributed by atoms with Crippen LogP contribution in [0.4, 0.5) is 0 Å². The fourth-order valence-electron chi connectivity index (χ4n) is 2.02. The van der Waals surface area contributed by atoms with Gasteiger partial charge in [0.15, 0.2) is 0 Å². The molecule has 20 heavy (non-hydrogen) atoms. The van der Waals surface area contributed by atoms with Crippen LogP contribution >= 0.6 is 0 Å². The number of hydrogen-bond acceptors (Lipinski definition) is 4. The molecule has 2 N–H and O–H groups in total. The third kappa shape index (κ3) is 2.48. The fraction of sp³-hybridized carbons (Fsp3) is 0.200. The van der Waals surface area contributed by atoms with E-state index in [-0.39, 0.29) is 6.61 Å². The highest BCUT2D eigenvalue weighted by atomic mass is 16.5. The summed E-state index contributed by atoms with van der Waals surface area (Å²) in [7, 11) is 0. The number of H-pyrrole nitrogens is 1. The molecule has 0 saturated carbocycles. The van der Waals surface area contributed by atoms with E-state index in [2.05, 4.69) is 15.0 Å². The van der Waals surface area contributed by atoms with E-state index in [0.29, 0.717) is 13.0 Å². The Bertz CT molecular complexity index is 676. The average molecular weight is 269 g/mol. The number of hydrogen-bond donors (Lipinski definition) is 2. The molecule has 3 rings (SSSR count). The minimum Gasteiger partial charge on any atom is -0.493 e. The van der Waals surface area contributed by atoms with Crippen LogP contribution in [-0.2, 0) is 0 Å². The van der Waals surface area contributed by atoms with Crippen LogP contribution in [0, 0.1) is 0 Å². The van der Waals surface area contributed by atoms with Gasteiger partial charge in [-0.15, -0.1) is 0 Å². The maximum Gasteiger partial charge on any atom is 0.142 e. The van der Waals surface area contributed by atoms with E-state index < -0.39 is 0 Å². The largest absolute Gasteiger partial charge is 0.493 e. The van der Waals surface area contributed by atoms with E-state index in [4.69, 9.17) is 9.84 Å². The Kier molecular flexibility index (Phi) is 3.60. The highest BCUT2D eigenvalue weighted by Crippen LogP contribution is 2.29. The van der Waals surface area contributed by atoms with Gasteiger partial charge in [-0.05, 0) is 18.2 Å². The van der Waals surface area contributed by atoms with Crippen molar-refractivity contribution in [2.45, 2.75) is 6.42 Å². The Hall–Kier alpha value is -2.40. The summed E-state index contributed by atoms with van der Waals surface area (Å²) in [4.78, 5) is 11.9. The summed E-state index contributed by atoms with van der Waals surface area (Å²) in [6.07, 6.45) is 4.08. The Labute approximate surface area is 116 Å². The van der Waals surface area contributed by atoms with Crippen LogP contribution in [0.1, 0.15) is 6.42 Å². The maximum atomic E-state index is 8.82. The lowest BCUT2D eigenvalue weighted by Gasteiger charge is -2.09. The molecule has 0 unspecified atom stereocenters. The molecule has 102 valence electrons. The van der Waals surface area contributed by atoms with Crippen molar-refractivity contribution in [2.24, 2.45) is 0 Å². The maximum absolute atomic E-state index is 8.82. The Morgan fingerprint density at radius 2 is 2.10 bits per heavy atom. The van der Waals surface area contributed by atoms with Gasteiger partial charge in [-0.1, -0.05) is 12.1 Å². The third-order valence-electron chi connectivity index (χ3n) is 2.99. The zero-order valence-corrected chi connectivity index (χ0v) is 10.9. The van der Waals surface area contributed by atoms with Crippen molar-refractivity contribution >= 4 is 11.0 Å². The number of benzene rings is 1. The molecular weight excluding hydrogens is 254 g/mol. The quantitative estimate of drug-likeness (QED) is 0.698. The van der Waals surface area contributed by atoms with Crippen molar-refractivity contribution in [3.05, 3.63) is 42.7 Å². The number of para-hydroxylation sites is 1. The molecule has 0 atom stereocenters. The monoisotopic (exact) mass is 269 g/mol. The molecule has 0 aliphatic heterocycles. The molecular formula is C15H15N3O2. The Morgan fingerprint density at radius 1 is 1.20 bits per heavy atom. The normalized spacial score (nSPS) is 10.8. The zero-order valence-electron chi connectivity index (χ0n) is 10.9. The lowest BCUT2D eigenvalue weighted by Crippen LogP contribution is -2.01. The minimum atomic E-state index is 0.123. The number of ether oxygens (including phenoxy) is 1. The van der Waals surface area contributed by atoms with Crippen LogP contribution in [-0.4, -0.2) is 33.3 Å². The number of aromatic amines is 1. The third-order valence-corrected chi connectivity index (χ3v) is 2.99. The molecule has 0 amide bonds. The molecule has 2 aromatic heterocycles. The lowest BCUT2D eigenvalue weighted by molar-refractivity contribution is 0.234. The number of nitrogens with one attached hydrogen (secondary N) is 1. The molecule has 5 heteroatoms. The number of aliphatic hydroxyl groups is 1. The first-order valence-electron chi connectivity index (χ1n) is 6.51. The van der Waals surface area contributed by atoms with E-state index in [0.717, 1.165) is 28.2 Å². The number of rotatable bonds is 5. The average Bonchev–Trinajstić information content (AvgIpc) is 2.92. The summed E-state index contributed by atoms with van der Waals surface area (Å²) in [6, 6.07) is 9.59. The summed E-state index contributed by atoms with van der Waals surface area (Å²) in [5.41, 5.74) is 2.68. The van der Waals surface area contributed by atoms with Gasteiger partial charge in [-0.3, -0.25) is 4.98 Å². The van der Waals surface area contributed by atoms with Crippen LogP contribution in [0.25, 0.3) is 22.4 Å². The number of fused-ring (bicyclic) bond motifs is 1. The predicted molar refractivity (Wildman–Crippen MR) is 76.5 cm³/mol. The molecule has 0 aliphatic rings. The molecule has 5 nitrogen and oxygen atoms in total. The van der Waals surface area contributed by atoms with Gasteiger partial charge >= 0.3 is 0 Å². The molecule has 0 radical (unpaired) electrons. The van der Waals surface area contributed by atoms with E-state index in [1.807, 2.05) is 30.3 Å². The molecule has 0 spiro atoms. The Balaban J connectivity index is 1.96. The van der Waals surface area contributed by atoms with Crippen molar-refractivity contribution in [2.75, 3.05) is 13.2 Å². The van der Waals surface area contributed by atoms with E-state index in [1.165, 1.54) is 0 Å². The molecule has 2 heterocycles. The number of pyridine rings is 1. The van der Waals surface area contributed by atoms with E-state index in [1.54, 1.807) is 12.4 Å². The van der Waals surface area contributed by atoms with Crippen LogP contribution in [0.5, 0.6) is 5.75 Å². The SMILES string of the molecule is OCCCOc1ccccc1-c1nc2ccncc2[nH]1. The van der Waals surface area contributed by atoms with Crippen LogP contribution in [0.2, 0.25) is 0 Å². The van der Waals surface area contributed by atoms with Crippen LogP contribution in [0.15, 0.2) is 42.7 Å². The summed E-state index contributed by atoms with van der Waals surface area (Å²) in [5.74, 6) is 1.51. The van der Waals surface area contributed by atoms with Gasteiger partial charge in [0.25, 0.3) is 0 Å². The van der Waals surface area contributed by atoms with Gasteiger partial charge < -0.3 is 14.8 Å². The van der Waals surface area contributed by atoms with Crippen molar-refractivity contribution in [3.8, 4) is 17.1 Å². The van der Waals surface area contributed by atoms with Gasteiger partial charge in [0.1, 0.15) is 11.6 Å². The summed E-state index contributed by atoms with van der Waals surface area (Å²) in [5, 5.41) is 8.82. The molecule has 0 aliphatic carbocycles. The lowest BCUT2D eigenvalue weighted by atomic mass is 10.2. The molecule has 3 aromatic rings. The molecule has 0 fully saturated rings. The van der Waals surface area contributed by atoms with Gasteiger partial charge in [0, 0.05) is 19.2 Å². The number of aliphatic hydroxyl groups excluding tert-OH is 1. The topological polar surface area (TPSA) is 71.0 Å². The van der Waals surface area contributed by atoms with E-state index in [9.17, 15) is 0 Å². The highest BCUT2D eigenvalue weighted by Gasteiger charge is 2.10. The summed E-state index contributed by atoms with van der Waals surface area (Å²) >= 11 is 0. The van der Waals surface area contributed by atoms with E-state index >= 15 is 0 Å². The standard InChI is InChI=1S/C15H15N3O2/c19-8-3-9-20-14-5-2-1-4-11(14)15-17-12-6-7-16-10-13(12)18-15/h1-2,4-7,10,19H,3,8-9H2,(H,17,18). The minimum absolute atomic E-state index is 0.123.